The van der Waals surface area contributed by atoms with Gasteiger partial charge < -0.3 is 15.8 Å². The zero-order valence-corrected chi connectivity index (χ0v) is 16.1. The zero-order valence-electron chi connectivity index (χ0n) is 15.3. The first kappa shape index (κ1) is 17.3. The molecule has 0 bridgehead atoms. The number of para-hydroxylation sites is 1. The highest BCUT2D eigenvalue weighted by atomic mass is 32.1. The molecule has 0 aliphatic rings. The molecule has 6 heteroatoms. The Labute approximate surface area is 160 Å². The maximum atomic E-state index is 12.9. The molecule has 2 aromatic heterocycles. The van der Waals surface area contributed by atoms with Crippen molar-refractivity contribution in [2.24, 2.45) is 0 Å². The van der Waals surface area contributed by atoms with E-state index < -0.39 is 0 Å². The van der Waals surface area contributed by atoms with Crippen LogP contribution in [0.4, 0.5) is 11.4 Å². The molecule has 1 amide bonds. The molecule has 0 fully saturated rings. The number of nitrogens with two attached hydrogens (primary N) is 1. The summed E-state index contributed by atoms with van der Waals surface area (Å²) in [6.45, 7) is 3.98. The molecule has 0 aliphatic carbocycles. The Morgan fingerprint density at radius 2 is 2.00 bits per heavy atom. The molecule has 3 N–H and O–H groups in total. The molecule has 136 valence electrons. The van der Waals surface area contributed by atoms with E-state index in [0.717, 1.165) is 32.2 Å². The van der Waals surface area contributed by atoms with E-state index in [0.29, 0.717) is 22.0 Å². The van der Waals surface area contributed by atoms with Crippen LogP contribution in [0.5, 0.6) is 5.75 Å². The Morgan fingerprint density at radius 3 is 2.78 bits per heavy atom. The predicted octanol–water partition coefficient (Wildman–Crippen LogP) is 4.91. The lowest BCUT2D eigenvalue weighted by atomic mass is 10.1. The molecule has 0 aliphatic heterocycles. The van der Waals surface area contributed by atoms with Gasteiger partial charge in [0.2, 0.25) is 0 Å². The Bertz CT molecular complexity index is 1200. The number of ether oxygens (including phenoxy) is 1. The number of hydrogen-bond donors (Lipinski definition) is 2. The van der Waals surface area contributed by atoms with Gasteiger partial charge in [0.05, 0.1) is 24.0 Å². The van der Waals surface area contributed by atoms with Gasteiger partial charge in [-0.25, -0.2) is 4.98 Å². The first-order valence-corrected chi connectivity index (χ1v) is 9.34. The zero-order chi connectivity index (χ0) is 19.1. The number of rotatable bonds is 3. The number of thiophene rings is 1. The van der Waals surface area contributed by atoms with Crippen LogP contribution in [0.2, 0.25) is 0 Å². The number of anilines is 2. The minimum Gasteiger partial charge on any atom is -0.495 e. The third-order valence-electron chi connectivity index (χ3n) is 4.56. The fourth-order valence-corrected chi connectivity index (χ4v) is 4.11. The number of benzene rings is 2. The lowest BCUT2D eigenvalue weighted by Crippen LogP contribution is -2.12. The van der Waals surface area contributed by atoms with Crippen LogP contribution in [0.15, 0.2) is 42.5 Å². The van der Waals surface area contributed by atoms with Crippen molar-refractivity contribution in [1.82, 2.24) is 4.98 Å². The van der Waals surface area contributed by atoms with Crippen LogP contribution in [0, 0.1) is 13.8 Å². The average Bonchev–Trinajstić information content (AvgIpc) is 2.97. The molecule has 0 unspecified atom stereocenters. The predicted molar refractivity (Wildman–Crippen MR) is 112 cm³/mol. The van der Waals surface area contributed by atoms with Crippen LogP contribution in [-0.4, -0.2) is 18.0 Å². The molecular weight excluding hydrogens is 358 g/mol. The number of amides is 1. The number of nitrogens with zero attached hydrogens (tertiary/aromatic N) is 1. The summed E-state index contributed by atoms with van der Waals surface area (Å²) >= 11 is 1.30. The van der Waals surface area contributed by atoms with Crippen LogP contribution in [0.3, 0.4) is 0 Å². The summed E-state index contributed by atoms with van der Waals surface area (Å²) in [5, 5.41) is 4.73. The Kier molecular flexibility index (Phi) is 4.20. The van der Waals surface area contributed by atoms with Gasteiger partial charge in [0.25, 0.3) is 5.91 Å². The summed E-state index contributed by atoms with van der Waals surface area (Å²) < 4.78 is 5.34. The maximum absolute atomic E-state index is 12.9. The number of aryl methyl sites for hydroxylation is 2. The van der Waals surface area contributed by atoms with Gasteiger partial charge in [-0.1, -0.05) is 24.3 Å². The number of methoxy groups -OCH3 is 1. The fourth-order valence-electron chi connectivity index (χ4n) is 3.14. The van der Waals surface area contributed by atoms with Crippen LogP contribution >= 0.6 is 11.3 Å². The van der Waals surface area contributed by atoms with Crippen molar-refractivity contribution < 1.29 is 9.53 Å². The standard InChI is InChI=1S/C21H19N3O2S/c1-11-7-8-16(26-3)15(9-11)23-20(25)19-17(22)14-10-13-6-4-5-12(2)18(13)24-21(14)27-19/h4-10H,22H2,1-3H3,(H,23,25). The highest BCUT2D eigenvalue weighted by Gasteiger charge is 2.19. The SMILES string of the molecule is COc1ccc(C)cc1NC(=O)c1sc2nc3c(C)cccc3cc2c1N. The van der Waals surface area contributed by atoms with E-state index in [2.05, 4.69) is 5.32 Å². The highest BCUT2D eigenvalue weighted by molar-refractivity contribution is 7.21. The van der Waals surface area contributed by atoms with Crippen molar-refractivity contribution in [3.05, 3.63) is 58.5 Å². The third kappa shape index (κ3) is 2.98. The Hall–Kier alpha value is -3.12. The van der Waals surface area contributed by atoms with Gasteiger partial charge in [0.15, 0.2) is 0 Å². The summed E-state index contributed by atoms with van der Waals surface area (Å²) in [7, 11) is 1.58. The van der Waals surface area contributed by atoms with E-state index in [-0.39, 0.29) is 5.91 Å². The minimum atomic E-state index is -0.264. The molecule has 4 aromatic rings. The van der Waals surface area contributed by atoms with Gasteiger partial charge in [-0.05, 0) is 43.2 Å². The highest BCUT2D eigenvalue weighted by Crippen LogP contribution is 2.36. The molecule has 0 spiro atoms. The number of carbonyl (C=O) groups excluding carboxylic acids is 1. The maximum Gasteiger partial charge on any atom is 0.268 e. The van der Waals surface area contributed by atoms with Crippen LogP contribution in [0.1, 0.15) is 20.8 Å². The third-order valence-corrected chi connectivity index (χ3v) is 5.67. The number of pyridine rings is 1. The van der Waals surface area contributed by atoms with E-state index in [9.17, 15) is 4.79 Å². The normalized spacial score (nSPS) is 11.1. The minimum absolute atomic E-state index is 0.264. The van der Waals surface area contributed by atoms with Crippen molar-refractivity contribution in [1.29, 1.82) is 0 Å². The largest absolute Gasteiger partial charge is 0.495 e. The lowest BCUT2D eigenvalue weighted by Gasteiger charge is -2.10. The quantitative estimate of drug-likeness (QED) is 0.532. The van der Waals surface area contributed by atoms with E-state index in [4.69, 9.17) is 15.5 Å². The Balaban J connectivity index is 1.78. The fraction of sp³-hybridized carbons (Fsp3) is 0.143. The molecule has 0 saturated carbocycles. The van der Waals surface area contributed by atoms with Crippen LogP contribution < -0.4 is 15.8 Å². The molecule has 2 heterocycles. The van der Waals surface area contributed by atoms with Gasteiger partial charge in [0, 0.05) is 10.8 Å². The van der Waals surface area contributed by atoms with Crippen molar-refractivity contribution in [2.75, 3.05) is 18.2 Å². The number of carbonyl (C=O) groups is 1. The first-order chi connectivity index (χ1) is 13.0. The lowest BCUT2D eigenvalue weighted by molar-refractivity contribution is 0.103. The average molecular weight is 377 g/mol. The molecule has 27 heavy (non-hydrogen) atoms. The molecule has 0 atom stereocenters. The summed E-state index contributed by atoms with van der Waals surface area (Å²) in [6.07, 6.45) is 0. The van der Waals surface area contributed by atoms with Crippen LogP contribution in [0.25, 0.3) is 21.1 Å². The second-order valence-electron chi connectivity index (χ2n) is 6.49. The molecule has 2 aromatic carbocycles. The van der Waals surface area contributed by atoms with E-state index in [1.807, 2.05) is 56.3 Å². The molecule has 4 rings (SSSR count). The topological polar surface area (TPSA) is 77.2 Å². The van der Waals surface area contributed by atoms with Gasteiger partial charge in [-0.3, -0.25) is 4.79 Å². The summed E-state index contributed by atoms with van der Waals surface area (Å²) in [5.41, 5.74) is 10.4. The summed E-state index contributed by atoms with van der Waals surface area (Å²) in [5.74, 6) is 0.341. The van der Waals surface area contributed by atoms with Gasteiger partial charge >= 0.3 is 0 Å². The molecule has 0 radical (unpaired) electrons. The number of nitrogen functional groups attached to an aromatic ring is 1. The second kappa shape index (κ2) is 6.55. The number of hydrogen-bond acceptors (Lipinski definition) is 5. The molecule has 5 nitrogen and oxygen atoms in total. The van der Waals surface area contributed by atoms with E-state index in [1.165, 1.54) is 11.3 Å². The number of nitrogens with one attached hydrogen (secondary N) is 1. The van der Waals surface area contributed by atoms with Crippen molar-refractivity contribution in [3.8, 4) is 5.75 Å². The van der Waals surface area contributed by atoms with Crippen molar-refractivity contribution >= 4 is 49.7 Å². The Morgan fingerprint density at radius 1 is 1.19 bits per heavy atom. The number of aromatic nitrogens is 1. The monoisotopic (exact) mass is 377 g/mol. The first-order valence-electron chi connectivity index (χ1n) is 8.52. The van der Waals surface area contributed by atoms with Crippen molar-refractivity contribution in [3.63, 3.8) is 0 Å². The summed E-state index contributed by atoms with van der Waals surface area (Å²) in [4.78, 5) is 18.8. The number of fused-ring (bicyclic) bond motifs is 2. The van der Waals surface area contributed by atoms with Crippen molar-refractivity contribution in [2.45, 2.75) is 13.8 Å². The van der Waals surface area contributed by atoms with Crippen LogP contribution in [-0.2, 0) is 0 Å². The van der Waals surface area contributed by atoms with Gasteiger partial charge in [-0.2, -0.15) is 0 Å². The van der Waals surface area contributed by atoms with E-state index in [1.54, 1.807) is 7.11 Å². The van der Waals surface area contributed by atoms with E-state index >= 15 is 0 Å². The molecular formula is C21H19N3O2S. The smallest absolute Gasteiger partial charge is 0.268 e. The summed E-state index contributed by atoms with van der Waals surface area (Å²) in [6, 6.07) is 13.7. The molecule has 0 saturated heterocycles. The van der Waals surface area contributed by atoms with Gasteiger partial charge in [-0.15, -0.1) is 11.3 Å². The second-order valence-corrected chi connectivity index (χ2v) is 7.49. The van der Waals surface area contributed by atoms with Gasteiger partial charge in [0.1, 0.15) is 15.5 Å².